The standard InChI is InChI=1S/C23H28N2O2/c1-17-9-10-19(14-18(17)2)11-12-22(26)24-15-20-6-3-4-7-21(20)16-25-13-5-8-23(25)27/h3-4,6-7,9-10,14H,5,8,11-13,15-16H2,1-2H3,(H,24,26). The summed E-state index contributed by atoms with van der Waals surface area (Å²) >= 11 is 0. The lowest BCUT2D eigenvalue weighted by molar-refractivity contribution is -0.128. The first-order valence-corrected chi connectivity index (χ1v) is 9.70. The van der Waals surface area contributed by atoms with E-state index in [1.54, 1.807) is 0 Å². The van der Waals surface area contributed by atoms with Crippen LogP contribution >= 0.6 is 0 Å². The second-order valence-corrected chi connectivity index (χ2v) is 7.38. The van der Waals surface area contributed by atoms with Gasteiger partial charge in [-0.3, -0.25) is 9.59 Å². The highest BCUT2D eigenvalue weighted by molar-refractivity contribution is 5.78. The van der Waals surface area contributed by atoms with Crippen molar-refractivity contribution in [3.63, 3.8) is 0 Å². The number of rotatable bonds is 7. The number of nitrogens with one attached hydrogen (secondary N) is 1. The fourth-order valence-corrected chi connectivity index (χ4v) is 3.46. The van der Waals surface area contributed by atoms with E-state index in [0.717, 1.165) is 30.5 Å². The Kier molecular flexibility index (Phi) is 6.28. The quantitative estimate of drug-likeness (QED) is 0.815. The molecule has 1 heterocycles. The second-order valence-electron chi connectivity index (χ2n) is 7.38. The van der Waals surface area contributed by atoms with Crippen molar-refractivity contribution in [1.29, 1.82) is 0 Å². The summed E-state index contributed by atoms with van der Waals surface area (Å²) in [6.45, 7) is 6.16. The van der Waals surface area contributed by atoms with Crippen molar-refractivity contribution < 1.29 is 9.59 Å². The van der Waals surface area contributed by atoms with Gasteiger partial charge in [-0.05, 0) is 54.5 Å². The van der Waals surface area contributed by atoms with Crippen molar-refractivity contribution in [3.05, 3.63) is 70.3 Å². The van der Waals surface area contributed by atoms with Gasteiger partial charge in [0.25, 0.3) is 0 Å². The molecule has 1 aliphatic rings. The Balaban J connectivity index is 1.52. The molecular formula is C23H28N2O2. The predicted octanol–water partition coefficient (Wildman–Crippen LogP) is 3.67. The van der Waals surface area contributed by atoms with Crippen molar-refractivity contribution in [2.45, 2.75) is 52.6 Å². The van der Waals surface area contributed by atoms with Crippen LogP contribution in [0.2, 0.25) is 0 Å². The molecule has 0 saturated carbocycles. The summed E-state index contributed by atoms with van der Waals surface area (Å²) in [5, 5.41) is 3.03. The Morgan fingerprint density at radius 3 is 2.56 bits per heavy atom. The molecule has 2 aromatic rings. The highest BCUT2D eigenvalue weighted by Gasteiger charge is 2.20. The van der Waals surface area contributed by atoms with Gasteiger partial charge in [0.2, 0.25) is 11.8 Å². The fraction of sp³-hybridized carbons (Fsp3) is 0.391. The molecule has 1 saturated heterocycles. The smallest absolute Gasteiger partial charge is 0.222 e. The summed E-state index contributed by atoms with van der Waals surface area (Å²) in [5.74, 6) is 0.280. The van der Waals surface area contributed by atoms with Gasteiger partial charge in [-0.25, -0.2) is 0 Å². The average Bonchev–Trinajstić information content (AvgIpc) is 3.06. The number of aryl methyl sites for hydroxylation is 3. The summed E-state index contributed by atoms with van der Waals surface area (Å²) < 4.78 is 0. The number of carbonyl (C=O) groups is 2. The topological polar surface area (TPSA) is 49.4 Å². The summed E-state index contributed by atoms with van der Waals surface area (Å²) in [6.07, 6.45) is 2.82. The van der Waals surface area contributed by atoms with Crippen molar-refractivity contribution in [3.8, 4) is 0 Å². The number of hydrogen-bond acceptors (Lipinski definition) is 2. The molecule has 1 N–H and O–H groups in total. The Bertz CT molecular complexity index is 829. The molecule has 0 unspecified atom stereocenters. The molecule has 2 aromatic carbocycles. The molecular weight excluding hydrogens is 336 g/mol. The number of amides is 2. The number of benzene rings is 2. The lowest BCUT2D eigenvalue weighted by Crippen LogP contribution is -2.27. The van der Waals surface area contributed by atoms with Crippen LogP contribution in [0.1, 0.15) is 47.1 Å². The van der Waals surface area contributed by atoms with Gasteiger partial charge >= 0.3 is 0 Å². The minimum Gasteiger partial charge on any atom is -0.352 e. The van der Waals surface area contributed by atoms with E-state index in [9.17, 15) is 9.59 Å². The van der Waals surface area contributed by atoms with E-state index < -0.39 is 0 Å². The number of nitrogens with zero attached hydrogens (tertiary/aromatic N) is 1. The molecule has 2 amide bonds. The van der Waals surface area contributed by atoms with Gasteiger partial charge in [0, 0.05) is 32.5 Å². The van der Waals surface area contributed by atoms with E-state index in [0.29, 0.717) is 25.9 Å². The molecule has 0 atom stereocenters. The van der Waals surface area contributed by atoms with Crippen LogP contribution in [0, 0.1) is 13.8 Å². The maximum atomic E-state index is 12.3. The van der Waals surface area contributed by atoms with E-state index in [1.807, 2.05) is 29.2 Å². The van der Waals surface area contributed by atoms with Gasteiger partial charge in [0.05, 0.1) is 0 Å². The highest BCUT2D eigenvalue weighted by atomic mass is 16.2. The van der Waals surface area contributed by atoms with Gasteiger partial charge in [0.15, 0.2) is 0 Å². The summed E-state index contributed by atoms with van der Waals surface area (Å²) in [4.78, 5) is 26.1. The highest BCUT2D eigenvalue weighted by Crippen LogP contribution is 2.17. The predicted molar refractivity (Wildman–Crippen MR) is 107 cm³/mol. The molecule has 1 aliphatic heterocycles. The minimum atomic E-state index is 0.0558. The molecule has 0 aromatic heterocycles. The van der Waals surface area contributed by atoms with E-state index in [2.05, 4.69) is 37.4 Å². The minimum absolute atomic E-state index is 0.0558. The molecule has 4 heteroatoms. The van der Waals surface area contributed by atoms with E-state index >= 15 is 0 Å². The zero-order valence-corrected chi connectivity index (χ0v) is 16.3. The summed E-state index contributed by atoms with van der Waals surface area (Å²) in [7, 11) is 0. The molecule has 0 bridgehead atoms. The van der Waals surface area contributed by atoms with Gasteiger partial charge in [-0.1, -0.05) is 42.5 Å². The van der Waals surface area contributed by atoms with Gasteiger partial charge in [-0.2, -0.15) is 0 Å². The zero-order valence-electron chi connectivity index (χ0n) is 16.3. The second kappa shape index (κ2) is 8.85. The molecule has 142 valence electrons. The molecule has 3 rings (SSSR count). The van der Waals surface area contributed by atoms with Gasteiger partial charge < -0.3 is 10.2 Å². The Morgan fingerprint density at radius 1 is 1.07 bits per heavy atom. The Hall–Kier alpha value is -2.62. The fourth-order valence-electron chi connectivity index (χ4n) is 3.46. The monoisotopic (exact) mass is 364 g/mol. The molecule has 1 fully saturated rings. The Labute approximate surface area is 161 Å². The first-order chi connectivity index (χ1) is 13.0. The number of carbonyl (C=O) groups excluding carboxylic acids is 2. The number of hydrogen-bond donors (Lipinski definition) is 1. The van der Waals surface area contributed by atoms with Crippen molar-refractivity contribution in [2.24, 2.45) is 0 Å². The molecule has 0 radical (unpaired) electrons. The SMILES string of the molecule is Cc1ccc(CCC(=O)NCc2ccccc2CN2CCCC2=O)cc1C. The van der Waals surface area contributed by atoms with Crippen molar-refractivity contribution in [1.82, 2.24) is 10.2 Å². The summed E-state index contributed by atoms with van der Waals surface area (Å²) in [5.41, 5.74) is 5.93. The maximum absolute atomic E-state index is 12.3. The first-order valence-electron chi connectivity index (χ1n) is 9.70. The first kappa shape index (κ1) is 19.2. The zero-order chi connectivity index (χ0) is 19.2. The third-order valence-corrected chi connectivity index (χ3v) is 5.34. The number of likely N-dealkylation sites (tertiary alicyclic amines) is 1. The van der Waals surface area contributed by atoms with Crippen LogP contribution in [0.5, 0.6) is 0 Å². The molecule has 0 aliphatic carbocycles. The largest absolute Gasteiger partial charge is 0.352 e. The molecule has 27 heavy (non-hydrogen) atoms. The van der Waals surface area contributed by atoms with Crippen molar-refractivity contribution >= 4 is 11.8 Å². The van der Waals surface area contributed by atoms with Crippen LogP contribution in [0.3, 0.4) is 0 Å². The van der Waals surface area contributed by atoms with Crippen LogP contribution in [-0.2, 0) is 29.1 Å². The van der Waals surface area contributed by atoms with Crippen molar-refractivity contribution in [2.75, 3.05) is 6.54 Å². The lowest BCUT2D eigenvalue weighted by atomic mass is 10.0. The average molecular weight is 364 g/mol. The van der Waals surface area contributed by atoms with Crippen LogP contribution in [0.4, 0.5) is 0 Å². The maximum Gasteiger partial charge on any atom is 0.222 e. The summed E-state index contributed by atoms with van der Waals surface area (Å²) in [6, 6.07) is 14.4. The third-order valence-electron chi connectivity index (χ3n) is 5.34. The lowest BCUT2D eigenvalue weighted by Gasteiger charge is -2.18. The van der Waals surface area contributed by atoms with Crippen LogP contribution in [0.25, 0.3) is 0 Å². The van der Waals surface area contributed by atoms with E-state index in [4.69, 9.17) is 0 Å². The Morgan fingerprint density at radius 2 is 1.85 bits per heavy atom. The van der Waals surface area contributed by atoms with Gasteiger partial charge in [0.1, 0.15) is 0 Å². The van der Waals surface area contributed by atoms with E-state index in [-0.39, 0.29) is 11.8 Å². The van der Waals surface area contributed by atoms with Gasteiger partial charge in [-0.15, -0.1) is 0 Å². The molecule has 4 nitrogen and oxygen atoms in total. The van der Waals surface area contributed by atoms with Crippen LogP contribution in [0.15, 0.2) is 42.5 Å². The van der Waals surface area contributed by atoms with E-state index in [1.165, 1.54) is 16.7 Å². The third kappa shape index (κ3) is 5.19. The van der Waals surface area contributed by atoms with Crippen LogP contribution in [-0.4, -0.2) is 23.3 Å². The van der Waals surface area contributed by atoms with Crippen LogP contribution < -0.4 is 5.32 Å². The normalized spacial score (nSPS) is 13.9. The molecule has 0 spiro atoms.